The van der Waals surface area contributed by atoms with Gasteiger partial charge >= 0.3 is 0 Å². The lowest BCUT2D eigenvalue weighted by Crippen LogP contribution is -2.16. The molecule has 1 heteroatoms. The molecule has 76 valence electrons. The van der Waals surface area contributed by atoms with Gasteiger partial charge in [-0.15, -0.1) is 0 Å². The van der Waals surface area contributed by atoms with Crippen molar-refractivity contribution in [1.82, 2.24) is 5.32 Å². The van der Waals surface area contributed by atoms with Crippen molar-refractivity contribution in [2.75, 3.05) is 6.54 Å². The highest BCUT2D eigenvalue weighted by molar-refractivity contribution is 5.14. The van der Waals surface area contributed by atoms with Gasteiger partial charge in [0, 0.05) is 6.54 Å². The van der Waals surface area contributed by atoms with Gasteiger partial charge in [0.05, 0.1) is 0 Å². The monoisotopic (exact) mass is 189 g/mol. The Hall–Kier alpha value is -0.820. The first-order valence-corrected chi connectivity index (χ1v) is 5.64. The molecule has 0 bridgehead atoms. The molecular weight excluding hydrogens is 170 g/mol. The molecule has 0 aromatic heterocycles. The Kier molecular flexibility index (Phi) is 3.20. The van der Waals surface area contributed by atoms with Crippen LogP contribution in [0.3, 0.4) is 0 Å². The summed E-state index contributed by atoms with van der Waals surface area (Å²) in [6, 6.07) is 10.6. The molecule has 0 saturated heterocycles. The Bertz CT molecular complexity index is 268. The van der Waals surface area contributed by atoms with Crippen LogP contribution < -0.4 is 5.32 Å². The summed E-state index contributed by atoms with van der Waals surface area (Å²) in [7, 11) is 0. The first-order chi connectivity index (χ1) is 6.90. The van der Waals surface area contributed by atoms with Gasteiger partial charge in [-0.3, -0.25) is 0 Å². The maximum Gasteiger partial charge on any atom is 0.0205 e. The van der Waals surface area contributed by atoms with Crippen LogP contribution in [0.5, 0.6) is 0 Å². The van der Waals surface area contributed by atoms with E-state index in [0.717, 1.165) is 18.4 Å². The molecule has 1 aromatic carbocycles. The lowest BCUT2D eigenvalue weighted by molar-refractivity contribution is 0.590. The van der Waals surface area contributed by atoms with E-state index in [4.69, 9.17) is 0 Å². The molecule has 1 aliphatic rings. The molecule has 0 heterocycles. The average Bonchev–Trinajstić information content (AvgIpc) is 2.98. The van der Waals surface area contributed by atoms with E-state index in [0.29, 0.717) is 0 Å². The van der Waals surface area contributed by atoms with Crippen LogP contribution in [0.1, 0.15) is 25.3 Å². The predicted molar refractivity (Wildman–Crippen MR) is 60.0 cm³/mol. The summed E-state index contributed by atoms with van der Waals surface area (Å²) in [5.41, 5.74) is 1.39. The van der Waals surface area contributed by atoms with Crippen molar-refractivity contribution in [2.24, 2.45) is 11.8 Å². The second-order valence-corrected chi connectivity index (χ2v) is 4.28. The Morgan fingerprint density at radius 3 is 2.64 bits per heavy atom. The second-order valence-electron chi connectivity index (χ2n) is 4.28. The van der Waals surface area contributed by atoms with E-state index in [-0.39, 0.29) is 0 Å². The Labute approximate surface area is 86.5 Å². The minimum atomic E-state index is 0.962. The van der Waals surface area contributed by atoms with Crippen molar-refractivity contribution >= 4 is 0 Å². The summed E-state index contributed by atoms with van der Waals surface area (Å²) in [6.45, 7) is 4.52. The van der Waals surface area contributed by atoms with Crippen molar-refractivity contribution in [3.8, 4) is 0 Å². The van der Waals surface area contributed by atoms with Crippen molar-refractivity contribution < 1.29 is 0 Å². The standard InChI is InChI=1S/C13H19N/c1-2-12-8-13(12)10-14-9-11-6-4-3-5-7-11/h3-7,12-14H,2,8-10H2,1H3/t12-,13+/m1/s1. The van der Waals surface area contributed by atoms with Crippen molar-refractivity contribution in [3.05, 3.63) is 35.9 Å². The van der Waals surface area contributed by atoms with Gasteiger partial charge in [0.1, 0.15) is 0 Å². The summed E-state index contributed by atoms with van der Waals surface area (Å²) >= 11 is 0. The summed E-state index contributed by atoms with van der Waals surface area (Å²) < 4.78 is 0. The molecule has 0 unspecified atom stereocenters. The summed E-state index contributed by atoms with van der Waals surface area (Å²) in [6.07, 6.45) is 2.80. The van der Waals surface area contributed by atoms with E-state index in [1.54, 1.807) is 0 Å². The number of hydrogen-bond acceptors (Lipinski definition) is 1. The van der Waals surface area contributed by atoms with Gasteiger partial charge in [0.25, 0.3) is 0 Å². The van der Waals surface area contributed by atoms with Crippen LogP contribution in [0.2, 0.25) is 0 Å². The number of benzene rings is 1. The van der Waals surface area contributed by atoms with Crippen LogP contribution in [0.4, 0.5) is 0 Å². The SMILES string of the molecule is CC[C@@H]1C[C@H]1CNCc1ccccc1. The normalized spacial score (nSPS) is 24.9. The van der Waals surface area contributed by atoms with Crippen LogP contribution in [0.25, 0.3) is 0 Å². The third-order valence-corrected chi connectivity index (χ3v) is 3.17. The summed E-state index contributed by atoms with van der Waals surface area (Å²) in [5, 5.41) is 3.53. The highest BCUT2D eigenvalue weighted by Crippen LogP contribution is 2.40. The molecule has 0 aliphatic heterocycles. The van der Waals surface area contributed by atoms with Gasteiger partial charge in [-0.05, 0) is 30.4 Å². The molecule has 1 N–H and O–H groups in total. The molecule has 14 heavy (non-hydrogen) atoms. The molecule has 2 rings (SSSR count). The van der Waals surface area contributed by atoms with E-state index in [9.17, 15) is 0 Å². The molecule has 1 fully saturated rings. The lowest BCUT2D eigenvalue weighted by Gasteiger charge is -2.03. The van der Waals surface area contributed by atoms with E-state index in [1.165, 1.54) is 24.9 Å². The third kappa shape index (κ3) is 2.58. The fourth-order valence-corrected chi connectivity index (χ4v) is 2.06. The summed E-state index contributed by atoms with van der Waals surface area (Å²) in [5.74, 6) is 1.97. The zero-order chi connectivity index (χ0) is 9.80. The first-order valence-electron chi connectivity index (χ1n) is 5.64. The van der Waals surface area contributed by atoms with Crippen LogP contribution in [-0.2, 0) is 6.54 Å². The molecule has 1 aliphatic carbocycles. The highest BCUT2D eigenvalue weighted by Gasteiger charge is 2.34. The topological polar surface area (TPSA) is 12.0 Å². The minimum Gasteiger partial charge on any atom is -0.312 e. The number of hydrogen-bond donors (Lipinski definition) is 1. The second kappa shape index (κ2) is 4.61. The van der Waals surface area contributed by atoms with Gasteiger partial charge in [-0.1, -0.05) is 43.7 Å². The van der Waals surface area contributed by atoms with Crippen LogP contribution >= 0.6 is 0 Å². The smallest absolute Gasteiger partial charge is 0.0205 e. The van der Waals surface area contributed by atoms with E-state index < -0.39 is 0 Å². The average molecular weight is 189 g/mol. The van der Waals surface area contributed by atoms with Crippen molar-refractivity contribution in [3.63, 3.8) is 0 Å². The number of rotatable bonds is 5. The van der Waals surface area contributed by atoms with Crippen molar-refractivity contribution in [1.29, 1.82) is 0 Å². The van der Waals surface area contributed by atoms with Gasteiger partial charge in [0.15, 0.2) is 0 Å². The molecule has 1 nitrogen and oxygen atoms in total. The molecule has 0 radical (unpaired) electrons. The Balaban J connectivity index is 1.64. The van der Waals surface area contributed by atoms with Crippen LogP contribution in [0.15, 0.2) is 30.3 Å². The minimum absolute atomic E-state index is 0.962. The van der Waals surface area contributed by atoms with Gasteiger partial charge < -0.3 is 5.32 Å². The molecule has 1 aromatic rings. The fraction of sp³-hybridized carbons (Fsp3) is 0.538. The number of nitrogens with one attached hydrogen (secondary N) is 1. The van der Waals surface area contributed by atoms with E-state index in [1.807, 2.05) is 0 Å². The Morgan fingerprint density at radius 2 is 2.00 bits per heavy atom. The molecular formula is C13H19N. The zero-order valence-electron chi connectivity index (χ0n) is 8.87. The Morgan fingerprint density at radius 1 is 1.21 bits per heavy atom. The van der Waals surface area contributed by atoms with Crippen LogP contribution in [0, 0.1) is 11.8 Å². The predicted octanol–water partition coefficient (Wildman–Crippen LogP) is 2.82. The fourth-order valence-electron chi connectivity index (χ4n) is 2.06. The summed E-state index contributed by atoms with van der Waals surface area (Å²) in [4.78, 5) is 0. The van der Waals surface area contributed by atoms with Gasteiger partial charge in [-0.2, -0.15) is 0 Å². The zero-order valence-corrected chi connectivity index (χ0v) is 8.87. The van der Waals surface area contributed by atoms with Crippen LogP contribution in [-0.4, -0.2) is 6.54 Å². The molecule has 0 spiro atoms. The van der Waals surface area contributed by atoms with Crippen molar-refractivity contribution in [2.45, 2.75) is 26.3 Å². The quantitative estimate of drug-likeness (QED) is 0.751. The maximum absolute atomic E-state index is 3.53. The molecule has 1 saturated carbocycles. The lowest BCUT2D eigenvalue weighted by atomic mass is 10.2. The van der Waals surface area contributed by atoms with Gasteiger partial charge in [0.2, 0.25) is 0 Å². The molecule has 2 atom stereocenters. The third-order valence-electron chi connectivity index (χ3n) is 3.17. The van der Waals surface area contributed by atoms with E-state index in [2.05, 4.69) is 42.6 Å². The highest BCUT2D eigenvalue weighted by atomic mass is 14.9. The maximum atomic E-state index is 3.53. The van der Waals surface area contributed by atoms with Gasteiger partial charge in [-0.25, -0.2) is 0 Å². The van der Waals surface area contributed by atoms with E-state index >= 15 is 0 Å². The largest absolute Gasteiger partial charge is 0.312 e. The first kappa shape index (κ1) is 9.72. The molecule has 0 amide bonds.